The third-order valence-electron chi connectivity index (χ3n) is 3.51. The lowest BCUT2D eigenvalue weighted by molar-refractivity contribution is -0.0450. The van der Waals surface area contributed by atoms with Gasteiger partial charge in [-0.1, -0.05) is 6.07 Å². The van der Waals surface area contributed by atoms with E-state index in [0.717, 1.165) is 12.0 Å². The molecule has 2 aliphatic rings. The van der Waals surface area contributed by atoms with Crippen LogP contribution < -0.4 is 9.39 Å². The zero-order valence-electron chi connectivity index (χ0n) is 9.33. The van der Waals surface area contributed by atoms with Crippen LogP contribution in [0.3, 0.4) is 0 Å². The highest BCUT2D eigenvalue weighted by Crippen LogP contribution is 2.61. The van der Waals surface area contributed by atoms with Crippen LogP contribution in [0.4, 0.5) is 0 Å². The molecule has 1 aromatic rings. The van der Waals surface area contributed by atoms with Gasteiger partial charge in [0, 0.05) is 5.82 Å². The SMILES string of the molecule is COc1ccc2c(c1C(O)O)OB(O)[C@H]1C[C@@H]21. The maximum absolute atomic E-state index is 9.71. The van der Waals surface area contributed by atoms with Crippen LogP contribution in [0.1, 0.15) is 29.8 Å². The summed E-state index contributed by atoms with van der Waals surface area (Å²) in [5.74, 6) is 1.10. The molecule has 3 rings (SSSR count). The Kier molecular flexibility index (Phi) is 2.32. The zero-order valence-corrected chi connectivity index (χ0v) is 9.33. The van der Waals surface area contributed by atoms with Crippen molar-refractivity contribution < 1.29 is 24.6 Å². The fourth-order valence-electron chi connectivity index (χ4n) is 2.54. The molecule has 0 bridgehead atoms. The minimum Gasteiger partial charge on any atom is -0.535 e. The summed E-state index contributed by atoms with van der Waals surface area (Å²) < 4.78 is 10.5. The Hall–Kier alpha value is -1.24. The molecule has 5 nitrogen and oxygen atoms in total. The van der Waals surface area contributed by atoms with Gasteiger partial charge in [-0.25, -0.2) is 0 Å². The molecule has 1 aromatic carbocycles. The summed E-state index contributed by atoms with van der Waals surface area (Å²) in [6, 6.07) is 3.56. The van der Waals surface area contributed by atoms with E-state index in [0.29, 0.717) is 11.5 Å². The van der Waals surface area contributed by atoms with Gasteiger partial charge in [0.1, 0.15) is 11.5 Å². The molecule has 1 fully saturated rings. The number of aliphatic hydroxyl groups excluding tert-OH is 1. The van der Waals surface area contributed by atoms with Crippen LogP contribution >= 0.6 is 0 Å². The molecule has 2 atom stereocenters. The van der Waals surface area contributed by atoms with Gasteiger partial charge >= 0.3 is 7.12 Å². The van der Waals surface area contributed by atoms with E-state index in [1.165, 1.54) is 7.11 Å². The van der Waals surface area contributed by atoms with Gasteiger partial charge in [0.2, 0.25) is 0 Å². The first-order valence-electron chi connectivity index (χ1n) is 5.55. The predicted octanol–water partition coefficient (Wildman–Crippen LogP) is 0.409. The van der Waals surface area contributed by atoms with Crippen molar-refractivity contribution in [2.75, 3.05) is 7.11 Å². The van der Waals surface area contributed by atoms with E-state index in [2.05, 4.69) is 0 Å². The highest BCUT2D eigenvalue weighted by molar-refractivity contribution is 6.48. The number of hydrogen-bond acceptors (Lipinski definition) is 5. The number of benzene rings is 1. The van der Waals surface area contributed by atoms with Crippen LogP contribution in [0, 0.1) is 0 Å². The van der Waals surface area contributed by atoms with Crippen molar-refractivity contribution in [1.29, 1.82) is 0 Å². The highest BCUT2D eigenvalue weighted by Gasteiger charge is 2.54. The molecule has 1 aliphatic heterocycles. The van der Waals surface area contributed by atoms with E-state index in [4.69, 9.17) is 9.39 Å². The van der Waals surface area contributed by atoms with Crippen molar-refractivity contribution >= 4 is 7.12 Å². The normalized spacial score (nSPS) is 25.1. The van der Waals surface area contributed by atoms with E-state index < -0.39 is 13.4 Å². The van der Waals surface area contributed by atoms with Crippen LogP contribution in [-0.4, -0.2) is 29.5 Å². The molecule has 0 amide bonds. The Bertz CT molecular complexity index is 461. The monoisotopic (exact) mass is 236 g/mol. The lowest BCUT2D eigenvalue weighted by atomic mass is 9.77. The van der Waals surface area contributed by atoms with Crippen LogP contribution in [0.25, 0.3) is 0 Å². The molecule has 1 aliphatic carbocycles. The second-order valence-electron chi connectivity index (χ2n) is 4.49. The standard InChI is InChI=1S/C11H13BO5/c1-16-8-3-2-5-6-4-7(6)12(15)17-10(5)9(8)11(13)14/h2-3,6-7,11,13-15H,4H2,1H3/t6-,7-/m0/s1. The van der Waals surface area contributed by atoms with Gasteiger partial charge in [-0.3, -0.25) is 0 Å². The largest absolute Gasteiger partial charge is 0.535 e. The highest BCUT2D eigenvalue weighted by atomic mass is 16.5. The van der Waals surface area contributed by atoms with E-state index in [1.54, 1.807) is 6.07 Å². The topological polar surface area (TPSA) is 79.2 Å². The lowest BCUT2D eigenvalue weighted by Gasteiger charge is -2.24. The van der Waals surface area contributed by atoms with Crippen LogP contribution in [0.2, 0.25) is 5.82 Å². The van der Waals surface area contributed by atoms with Crippen LogP contribution in [0.15, 0.2) is 12.1 Å². The van der Waals surface area contributed by atoms with Gasteiger partial charge in [0.05, 0.1) is 12.7 Å². The lowest BCUT2D eigenvalue weighted by Crippen LogP contribution is -2.27. The maximum atomic E-state index is 9.71. The number of ether oxygens (including phenoxy) is 1. The van der Waals surface area contributed by atoms with E-state index >= 15 is 0 Å². The summed E-state index contributed by atoms with van der Waals surface area (Å²) in [5, 5.41) is 28.5. The molecule has 6 heteroatoms. The Morgan fingerprint density at radius 2 is 2.24 bits per heavy atom. The maximum Gasteiger partial charge on any atom is 0.526 e. The molecule has 0 saturated heterocycles. The first-order valence-corrected chi connectivity index (χ1v) is 5.55. The molecule has 0 aromatic heterocycles. The van der Waals surface area contributed by atoms with Crippen molar-refractivity contribution in [2.45, 2.75) is 24.4 Å². The Labute approximate surface area is 98.7 Å². The predicted molar refractivity (Wildman–Crippen MR) is 59.9 cm³/mol. The van der Waals surface area contributed by atoms with Crippen molar-refractivity contribution in [1.82, 2.24) is 0 Å². The van der Waals surface area contributed by atoms with Crippen LogP contribution in [-0.2, 0) is 0 Å². The Morgan fingerprint density at radius 3 is 2.88 bits per heavy atom. The summed E-state index contributed by atoms with van der Waals surface area (Å²) in [5.41, 5.74) is 1.11. The number of rotatable bonds is 2. The van der Waals surface area contributed by atoms with E-state index in [9.17, 15) is 15.2 Å². The van der Waals surface area contributed by atoms with Crippen molar-refractivity contribution in [3.05, 3.63) is 23.3 Å². The number of hydrogen-bond donors (Lipinski definition) is 3. The molecule has 1 heterocycles. The third kappa shape index (κ3) is 1.52. The summed E-state index contributed by atoms with van der Waals surface area (Å²) in [7, 11) is 0.587. The molecule has 0 unspecified atom stereocenters. The molecule has 1 saturated carbocycles. The minimum absolute atomic E-state index is 0.139. The summed E-state index contributed by atoms with van der Waals surface area (Å²) >= 11 is 0. The fraction of sp³-hybridized carbons (Fsp3) is 0.455. The molecular formula is C11H13BO5. The van der Waals surface area contributed by atoms with Crippen LogP contribution in [0.5, 0.6) is 11.5 Å². The molecule has 0 spiro atoms. The van der Waals surface area contributed by atoms with Gasteiger partial charge in [-0.2, -0.15) is 0 Å². The molecule has 3 N–H and O–H groups in total. The van der Waals surface area contributed by atoms with Crippen molar-refractivity contribution in [3.63, 3.8) is 0 Å². The Morgan fingerprint density at radius 1 is 1.47 bits per heavy atom. The number of aliphatic hydroxyl groups is 2. The summed E-state index contributed by atoms with van der Waals surface area (Å²) in [6.07, 6.45) is -0.802. The quantitative estimate of drug-likeness (QED) is 0.512. The number of methoxy groups -OCH3 is 1. The summed E-state index contributed by atoms with van der Waals surface area (Å²) in [6.45, 7) is 0. The third-order valence-corrected chi connectivity index (χ3v) is 3.51. The van der Waals surface area contributed by atoms with Gasteiger partial charge in [-0.05, 0) is 24.0 Å². The number of fused-ring (bicyclic) bond motifs is 3. The second kappa shape index (κ2) is 3.63. The fourth-order valence-corrected chi connectivity index (χ4v) is 2.54. The van der Waals surface area contributed by atoms with Gasteiger partial charge in [0.25, 0.3) is 0 Å². The first kappa shape index (κ1) is 10.9. The van der Waals surface area contributed by atoms with Gasteiger partial charge < -0.3 is 24.6 Å². The van der Waals surface area contributed by atoms with E-state index in [1.807, 2.05) is 6.07 Å². The van der Waals surface area contributed by atoms with Gasteiger partial charge in [0.15, 0.2) is 6.29 Å². The first-order chi connectivity index (χ1) is 8.13. The molecular weight excluding hydrogens is 223 g/mol. The molecule has 0 radical (unpaired) electrons. The average molecular weight is 236 g/mol. The molecule has 17 heavy (non-hydrogen) atoms. The molecule has 90 valence electrons. The van der Waals surface area contributed by atoms with Crippen molar-refractivity contribution in [3.8, 4) is 11.5 Å². The zero-order chi connectivity index (χ0) is 12.2. The Balaban J connectivity index is 2.15. The average Bonchev–Trinajstić information content (AvgIpc) is 3.08. The van der Waals surface area contributed by atoms with E-state index in [-0.39, 0.29) is 17.3 Å². The van der Waals surface area contributed by atoms with Gasteiger partial charge in [-0.15, -0.1) is 0 Å². The second-order valence-corrected chi connectivity index (χ2v) is 4.49. The minimum atomic E-state index is -1.68. The smallest absolute Gasteiger partial charge is 0.526 e. The van der Waals surface area contributed by atoms with Crippen molar-refractivity contribution in [2.24, 2.45) is 0 Å². The summed E-state index contributed by atoms with van der Waals surface area (Å²) in [4.78, 5) is 0.